The van der Waals surface area contributed by atoms with E-state index in [0.29, 0.717) is 11.3 Å². The van der Waals surface area contributed by atoms with Gasteiger partial charge in [-0.2, -0.15) is 0 Å². The van der Waals surface area contributed by atoms with Gasteiger partial charge in [0.15, 0.2) is 17.3 Å². The Bertz CT molecular complexity index is 620. The van der Waals surface area contributed by atoms with E-state index in [0.717, 1.165) is 5.56 Å². The molecule has 2 atom stereocenters. The van der Waals surface area contributed by atoms with E-state index >= 15 is 0 Å². The van der Waals surface area contributed by atoms with E-state index in [1.54, 1.807) is 12.1 Å². The molecule has 2 aromatic rings. The Labute approximate surface area is 123 Å². The summed E-state index contributed by atoms with van der Waals surface area (Å²) >= 11 is 0. The van der Waals surface area contributed by atoms with E-state index in [2.05, 4.69) is 0 Å². The highest BCUT2D eigenvalue weighted by atomic mass is 16.5. The quantitative estimate of drug-likeness (QED) is 0.886. The van der Waals surface area contributed by atoms with Gasteiger partial charge in [-0.15, -0.1) is 0 Å². The van der Waals surface area contributed by atoms with Gasteiger partial charge in [0.25, 0.3) is 0 Å². The van der Waals surface area contributed by atoms with Crippen molar-refractivity contribution in [2.45, 2.75) is 18.9 Å². The molecule has 2 aromatic carbocycles. The molecule has 4 nitrogen and oxygen atoms in total. The van der Waals surface area contributed by atoms with E-state index in [-0.39, 0.29) is 11.5 Å². The second-order valence-electron chi connectivity index (χ2n) is 4.85. The summed E-state index contributed by atoms with van der Waals surface area (Å²) in [5, 5.41) is 19.3. The van der Waals surface area contributed by atoms with Crippen molar-refractivity contribution in [3.63, 3.8) is 0 Å². The SMILES string of the molecule is COc1cc(C(C(=O)C(C)O)c2ccccc2)ccc1O. The van der Waals surface area contributed by atoms with Crippen LogP contribution in [0.5, 0.6) is 11.5 Å². The fourth-order valence-electron chi connectivity index (χ4n) is 2.28. The maximum atomic E-state index is 12.4. The van der Waals surface area contributed by atoms with E-state index in [9.17, 15) is 15.0 Å². The van der Waals surface area contributed by atoms with Gasteiger partial charge >= 0.3 is 0 Å². The van der Waals surface area contributed by atoms with E-state index < -0.39 is 12.0 Å². The van der Waals surface area contributed by atoms with Crippen LogP contribution in [0.2, 0.25) is 0 Å². The molecule has 0 aromatic heterocycles. The summed E-state index contributed by atoms with van der Waals surface area (Å²) in [6.07, 6.45) is -1.07. The number of aliphatic hydroxyl groups is 1. The van der Waals surface area contributed by atoms with Gasteiger partial charge in [-0.05, 0) is 30.2 Å². The van der Waals surface area contributed by atoms with Crippen LogP contribution in [0.15, 0.2) is 48.5 Å². The first-order valence-corrected chi connectivity index (χ1v) is 6.68. The van der Waals surface area contributed by atoms with Crippen LogP contribution in [0.25, 0.3) is 0 Å². The predicted octanol–water partition coefficient (Wildman–Crippen LogP) is 2.48. The van der Waals surface area contributed by atoms with Crippen molar-refractivity contribution in [1.29, 1.82) is 0 Å². The molecule has 0 amide bonds. The van der Waals surface area contributed by atoms with Gasteiger partial charge < -0.3 is 14.9 Å². The zero-order chi connectivity index (χ0) is 15.4. The molecule has 0 saturated heterocycles. The van der Waals surface area contributed by atoms with Crippen LogP contribution in [0, 0.1) is 0 Å². The number of benzene rings is 2. The van der Waals surface area contributed by atoms with Gasteiger partial charge in [0.05, 0.1) is 13.0 Å². The lowest BCUT2D eigenvalue weighted by molar-refractivity contribution is -0.126. The molecule has 4 heteroatoms. The molecule has 2 N–H and O–H groups in total. The topological polar surface area (TPSA) is 66.8 Å². The number of carbonyl (C=O) groups is 1. The summed E-state index contributed by atoms with van der Waals surface area (Å²) in [4.78, 5) is 12.4. The maximum absolute atomic E-state index is 12.4. The summed E-state index contributed by atoms with van der Waals surface area (Å²) < 4.78 is 5.09. The number of ether oxygens (including phenoxy) is 1. The monoisotopic (exact) mass is 286 g/mol. The highest BCUT2D eigenvalue weighted by Crippen LogP contribution is 2.33. The largest absolute Gasteiger partial charge is 0.504 e. The average molecular weight is 286 g/mol. The van der Waals surface area contributed by atoms with Crippen LogP contribution < -0.4 is 4.74 Å². The van der Waals surface area contributed by atoms with Gasteiger partial charge in [-0.1, -0.05) is 36.4 Å². The molecule has 0 aliphatic heterocycles. The van der Waals surface area contributed by atoms with Gasteiger partial charge in [0, 0.05) is 0 Å². The first-order chi connectivity index (χ1) is 10.0. The Morgan fingerprint density at radius 2 is 1.76 bits per heavy atom. The maximum Gasteiger partial charge on any atom is 0.172 e. The summed E-state index contributed by atoms with van der Waals surface area (Å²) in [6, 6.07) is 14.0. The molecule has 0 bridgehead atoms. The van der Waals surface area contributed by atoms with Gasteiger partial charge in [0.1, 0.15) is 6.10 Å². The van der Waals surface area contributed by atoms with Crippen molar-refractivity contribution in [2.24, 2.45) is 0 Å². The molecule has 2 unspecified atom stereocenters. The number of aromatic hydroxyl groups is 1. The number of rotatable bonds is 5. The molecule has 21 heavy (non-hydrogen) atoms. The number of ketones is 1. The van der Waals surface area contributed by atoms with Crippen molar-refractivity contribution in [3.8, 4) is 11.5 Å². The zero-order valence-electron chi connectivity index (χ0n) is 12.0. The minimum absolute atomic E-state index is 0.0116. The molecule has 110 valence electrons. The van der Waals surface area contributed by atoms with Crippen molar-refractivity contribution < 1.29 is 19.7 Å². The minimum Gasteiger partial charge on any atom is -0.504 e. The molecular formula is C17H18O4. The first-order valence-electron chi connectivity index (χ1n) is 6.68. The third-order valence-electron chi connectivity index (χ3n) is 3.37. The van der Waals surface area contributed by atoms with E-state index in [4.69, 9.17) is 4.74 Å². The Kier molecular flexibility index (Phi) is 4.60. The van der Waals surface area contributed by atoms with Crippen molar-refractivity contribution in [3.05, 3.63) is 59.7 Å². The van der Waals surface area contributed by atoms with Crippen molar-refractivity contribution >= 4 is 5.78 Å². The molecule has 0 spiro atoms. The normalized spacial score (nSPS) is 13.5. The summed E-state index contributed by atoms with van der Waals surface area (Å²) in [5.41, 5.74) is 1.46. The highest BCUT2D eigenvalue weighted by Gasteiger charge is 2.26. The molecule has 0 aliphatic carbocycles. The lowest BCUT2D eigenvalue weighted by Crippen LogP contribution is -2.25. The van der Waals surface area contributed by atoms with Crippen LogP contribution in [-0.2, 0) is 4.79 Å². The predicted molar refractivity (Wildman–Crippen MR) is 79.6 cm³/mol. The average Bonchev–Trinajstić information content (AvgIpc) is 2.50. The van der Waals surface area contributed by atoms with Gasteiger partial charge in [-0.3, -0.25) is 4.79 Å². The van der Waals surface area contributed by atoms with E-state index in [1.807, 2.05) is 30.3 Å². The van der Waals surface area contributed by atoms with E-state index in [1.165, 1.54) is 20.1 Å². The number of carbonyl (C=O) groups excluding carboxylic acids is 1. The van der Waals surface area contributed by atoms with Gasteiger partial charge in [-0.25, -0.2) is 0 Å². The number of Topliss-reactive ketones (excluding diaryl/α,β-unsaturated/α-hetero) is 1. The number of phenols is 1. The molecule has 0 saturated carbocycles. The zero-order valence-corrected chi connectivity index (χ0v) is 12.0. The molecule has 0 aliphatic rings. The second kappa shape index (κ2) is 6.41. The minimum atomic E-state index is -1.07. The Balaban J connectivity index is 2.52. The van der Waals surface area contributed by atoms with Crippen LogP contribution in [0.3, 0.4) is 0 Å². The third-order valence-corrected chi connectivity index (χ3v) is 3.37. The van der Waals surface area contributed by atoms with Crippen LogP contribution in [-0.4, -0.2) is 29.2 Å². The van der Waals surface area contributed by atoms with Crippen molar-refractivity contribution in [2.75, 3.05) is 7.11 Å². The summed E-state index contributed by atoms with van der Waals surface area (Å²) in [6.45, 7) is 1.45. The summed E-state index contributed by atoms with van der Waals surface area (Å²) in [5.74, 6) is -0.584. The number of hydrogen-bond donors (Lipinski definition) is 2. The first kappa shape index (κ1) is 15.1. The fraction of sp³-hybridized carbons (Fsp3) is 0.235. The number of aliphatic hydroxyl groups excluding tert-OH is 1. The van der Waals surface area contributed by atoms with Crippen molar-refractivity contribution in [1.82, 2.24) is 0 Å². The third kappa shape index (κ3) is 3.23. The van der Waals surface area contributed by atoms with Crippen LogP contribution in [0.4, 0.5) is 0 Å². The van der Waals surface area contributed by atoms with Gasteiger partial charge in [0.2, 0.25) is 0 Å². The molecular weight excluding hydrogens is 268 g/mol. The standard InChI is InChI=1S/C17H18O4/c1-11(18)17(20)16(12-6-4-3-5-7-12)13-8-9-14(19)15(10-13)21-2/h3-11,16,18-19H,1-2H3. The lowest BCUT2D eigenvalue weighted by Gasteiger charge is -2.19. The number of phenolic OH excluding ortho intramolecular Hbond substituents is 1. The molecule has 0 heterocycles. The Morgan fingerprint density at radius 1 is 1.10 bits per heavy atom. The smallest absolute Gasteiger partial charge is 0.172 e. The summed E-state index contributed by atoms with van der Waals surface area (Å²) in [7, 11) is 1.45. The Hall–Kier alpha value is -2.33. The second-order valence-corrected chi connectivity index (χ2v) is 4.85. The fourth-order valence-corrected chi connectivity index (χ4v) is 2.28. The van der Waals surface area contributed by atoms with Crippen LogP contribution in [0.1, 0.15) is 24.0 Å². The lowest BCUT2D eigenvalue weighted by atomic mass is 9.85. The number of hydrogen-bond acceptors (Lipinski definition) is 4. The molecule has 0 fully saturated rings. The number of methoxy groups -OCH3 is 1. The highest BCUT2D eigenvalue weighted by molar-refractivity contribution is 5.92. The van der Waals surface area contributed by atoms with Crippen LogP contribution >= 0.6 is 0 Å². The Morgan fingerprint density at radius 3 is 2.33 bits per heavy atom. The molecule has 2 rings (SSSR count). The molecule has 0 radical (unpaired) electrons.